The van der Waals surface area contributed by atoms with Gasteiger partial charge in [0, 0.05) is 7.11 Å². The molecule has 0 amide bonds. The molecule has 0 fully saturated rings. The number of hydrogen-bond donors (Lipinski definition) is 1. The maximum atomic E-state index is 7.00. The molecule has 2 nitrogen and oxygen atoms in total. The third kappa shape index (κ3) is 77.4. The summed E-state index contributed by atoms with van der Waals surface area (Å²) < 4.78 is 0. The van der Waals surface area contributed by atoms with Gasteiger partial charge in [0.1, 0.15) is 0 Å². The van der Waals surface area contributed by atoms with Crippen LogP contribution in [0.4, 0.5) is 0 Å². The second-order valence-electron chi connectivity index (χ2n) is 1.81. The highest BCUT2D eigenvalue weighted by Crippen LogP contribution is 1.95. The van der Waals surface area contributed by atoms with Crippen LogP contribution in [0.3, 0.4) is 0 Å². The standard InChI is InChI=1S/C6H14.CH2Cl2.CH4O.H2O/c1-3-5-6-4-2;2-1-3;1-2;/h3-6H2,1-2H3;1H2;2H,1H3;1H2. The molecule has 0 saturated carbocycles. The summed E-state index contributed by atoms with van der Waals surface area (Å²) in [6.07, 6.45) is 5.54. The average Bonchev–Trinajstić information content (AvgIpc) is 2.06. The second kappa shape index (κ2) is 41.9. The molecule has 12 heavy (non-hydrogen) atoms. The summed E-state index contributed by atoms with van der Waals surface area (Å²) in [6.45, 7) is 4.46. The van der Waals surface area contributed by atoms with Gasteiger partial charge in [-0.05, 0) is 0 Å². The molecule has 80 valence electrons. The Hall–Kier alpha value is 0.500. The predicted octanol–water partition coefficient (Wildman–Crippen LogP) is 2.79. The van der Waals surface area contributed by atoms with E-state index in [0.29, 0.717) is 0 Å². The Balaban J connectivity index is -0.0000000462. The molecular weight excluding hydrogens is 199 g/mol. The minimum absolute atomic E-state index is 0. The van der Waals surface area contributed by atoms with Crippen LogP contribution in [0.5, 0.6) is 0 Å². The molecule has 0 aromatic heterocycles. The van der Waals surface area contributed by atoms with Crippen LogP contribution < -0.4 is 0 Å². The molecule has 4 heteroatoms. The van der Waals surface area contributed by atoms with Gasteiger partial charge in [-0.2, -0.15) is 0 Å². The van der Waals surface area contributed by atoms with Crippen molar-refractivity contribution in [2.45, 2.75) is 39.5 Å². The van der Waals surface area contributed by atoms with Crippen LogP contribution in [0.1, 0.15) is 39.5 Å². The first-order chi connectivity index (χ1) is 5.33. The largest absolute Gasteiger partial charge is 0.412 e. The van der Waals surface area contributed by atoms with E-state index in [-0.39, 0.29) is 10.8 Å². The first-order valence-electron chi connectivity index (χ1n) is 3.90. The number of rotatable bonds is 3. The fourth-order valence-corrected chi connectivity index (χ4v) is 0.500. The Kier molecular flexibility index (Phi) is 79.9. The van der Waals surface area contributed by atoms with Crippen LogP contribution in [-0.4, -0.2) is 23.0 Å². The Morgan fingerprint density at radius 3 is 1.17 bits per heavy atom. The number of hydrogen-bond acceptors (Lipinski definition) is 1. The van der Waals surface area contributed by atoms with Crippen LogP contribution in [0.15, 0.2) is 0 Å². The van der Waals surface area contributed by atoms with Crippen molar-refractivity contribution < 1.29 is 10.6 Å². The third-order valence-electron chi connectivity index (χ3n) is 0.957. The van der Waals surface area contributed by atoms with Crippen molar-refractivity contribution >= 4 is 23.2 Å². The molecule has 3 N–H and O–H groups in total. The van der Waals surface area contributed by atoms with Crippen molar-refractivity contribution in [3.63, 3.8) is 0 Å². The lowest BCUT2D eigenvalue weighted by molar-refractivity contribution is 0.399. The number of aliphatic hydroxyl groups is 1. The van der Waals surface area contributed by atoms with Gasteiger partial charge in [-0.15, -0.1) is 23.2 Å². The van der Waals surface area contributed by atoms with Gasteiger partial charge in [0.25, 0.3) is 0 Å². The molecule has 0 aliphatic rings. The summed E-state index contributed by atoms with van der Waals surface area (Å²) in [5, 5.41) is 7.19. The first kappa shape index (κ1) is 22.9. The maximum absolute atomic E-state index is 7.00. The lowest BCUT2D eigenvalue weighted by Crippen LogP contribution is -1.66. The smallest absolute Gasteiger partial charge is 0.0967 e. The zero-order valence-electron chi connectivity index (χ0n) is 8.24. The van der Waals surface area contributed by atoms with Gasteiger partial charge in [-0.1, -0.05) is 39.5 Å². The molecule has 0 atom stereocenters. The van der Waals surface area contributed by atoms with E-state index in [1.165, 1.54) is 25.7 Å². The van der Waals surface area contributed by atoms with E-state index >= 15 is 0 Å². The van der Waals surface area contributed by atoms with Crippen LogP contribution >= 0.6 is 23.2 Å². The van der Waals surface area contributed by atoms with Crippen LogP contribution in [0, 0.1) is 0 Å². The number of halogens is 2. The Morgan fingerprint density at radius 1 is 0.917 bits per heavy atom. The number of alkyl halides is 2. The van der Waals surface area contributed by atoms with Gasteiger partial charge in [-0.3, -0.25) is 0 Å². The normalized spacial score (nSPS) is 6.50. The molecular formula is C8H22Cl2O2. The molecule has 0 aromatic rings. The summed E-state index contributed by atoms with van der Waals surface area (Å²) >= 11 is 9.53. The Bertz CT molecular complexity index is 34.2. The highest BCUT2D eigenvalue weighted by Gasteiger charge is 1.75. The zero-order valence-corrected chi connectivity index (χ0v) is 9.75. The van der Waals surface area contributed by atoms with E-state index in [1.54, 1.807) is 0 Å². The zero-order chi connectivity index (χ0) is 9.54. The maximum Gasteiger partial charge on any atom is 0.0967 e. The lowest BCUT2D eigenvalue weighted by Gasteiger charge is -1.86. The van der Waals surface area contributed by atoms with Gasteiger partial charge in [-0.25, -0.2) is 0 Å². The summed E-state index contributed by atoms with van der Waals surface area (Å²) in [7, 11) is 1.00. The van der Waals surface area contributed by atoms with Crippen molar-refractivity contribution in [1.82, 2.24) is 0 Å². The van der Waals surface area contributed by atoms with Crippen molar-refractivity contribution in [2.75, 3.05) is 12.4 Å². The predicted molar refractivity (Wildman–Crippen MR) is 58.1 cm³/mol. The molecule has 0 aromatic carbocycles. The summed E-state index contributed by atoms with van der Waals surface area (Å²) in [6, 6.07) is 0. The van der Waals surface area contributed by atoms with E-state index in [4.69, 9.17) is 28.3 Å². The van der Waals surface area contributed by atoms with Crippen LogP contribution in [0.2, 0.25) is 0 Å². The molecule has 0 aliphatic heterocycles. The minimum atomic E-state index is 0. The fourth-order valence-electron chi connectivity index (χ4n) is 0.500. The molecule has 0 heterocycles. The van der Waals surface area contributed by atoms with Crippen molar-refractivity contribution in [3.8, 4) is 0 Å². The van der Waals surface area contributed by atoms with Crippen LogP contribution in [-0.2, 0) is 0 Å². The van der Waals surface area contributed by atoms with E-state index in [1.807, 2.05) is 0 Å². The highest BCUT2D eigenvalue weighted by atomic mass is 35.5. The number of unbranched alkanes of at least 4 members (excludes halogenated alkanes) is 3. The van der Waals surface area contributed by atoms with Gasteiger partial charge in [0.2, 0.25) is 0 Å². The fraction of sp³-hybridized carbons (Fsp3) is 1.00. The molecule has 0 radical (unpaired) electrons. The first-order valence-corrected chi connectivity index (χ1v) is 4.96. The van der Waals surface area contributed by atoms with E-state index in [0.717, 1.165) is 7.11 Å². The van der Waals surface area contributed by atoms with Gasteiger partial charge < -0.3 is 10.6 Å². The minimum Gasteiger partial charge on any atom is -0.412 e. The summed E-state index contributed by atoms with van der Waals surface area (Å²) in [5.41, 5.74) is 0. The van der Waals surface area contributed by atoms with E-state index in [2.05, 4.69) is 13.8 Å². The van der Waals surface area contributed by atoms with E-state index in [9.17, 15) is 0 Å². The highest BCUT2D eigenvalue weighted by molar-refractivity contribution is 6.40. The summed E-state index contributed by atoms with van der Waals surface area (Å²) in [4.78, 5) is 0. The lowest BCUT2D eigenvalue weighted by atomic mass is 10.2. The van der Waals surface area contributed by atoms with Gasteiger partial charge in [0.05, 0.1) is 5.34 Å². The van der Waals surface area contributed by atoms with Gasteiger partial charge >= 0.3 is 0 Å². The van der Waals surface area contributed by atoms with Crippen LogP contribution in [0.25, 0.3) is 0 Å². The van der Waals surface area contributed by atoms with E-state index < -0.39 is 0 Å². The third-order valence-corrected chi connectivity index (χ3v) is 0.957. The molecule has 0 saturated heterocycles. The molecule has 0 aliphatic carbocycles. The Labute approximate surface area is 86.2 Å². The summed E-state index contributed by atoms with van der Waals surface area (Å²) in [5.74, 6) is 0. The SMILES string of the molecule is CCCCCC.CO.ClCCl.O. The van der Waals surface area contributed by atoms with Crippen molar-refractivity contribution in [2.24, 2.45) is 0 Å². The van der Waals surface area contributed by atoms with Gasteiger partial charge in [0.15, 0.2) is 0 Å². The Morgan fingerprint density at radius 2 is 1.08 bits per heavy atom. The average molecular weight is 221 g/mol. The molecule has 0 rings (SSSR count). The number of aliphatic hydroxyl groups excluding tert-OH is 1. The van der Waals surface area contributed by atoms with Crippen molar-refractivity contribution in [1.29, 1.82) is 0 Å². The molecule has 0 spiro atoms. The van der Waals surface area contributed by atoms with Crippen molar-refractivity contribution in [3.05, 3.63) is 0 Å². The monoisotopic (exact) mass is 220 g/mol. The topological polar surface area (TPSA) is 51.7 Å². The quantitative estimate of drug-likeness (QED) is 0.578. The molecule has 0 unspecified atom stereocenters. The molecule has 0 bridgehead atoms. The second-order valence-corrected chi connectivity index (χ2v) is 2.62.